The van der Waals surface area contributed by atoms with Crippen molar-refractivity contribution >= 4 is 11.9 Å². The van der Waals surface area contributed by atoms with Gasteiger partial charge in [-0.3, -0.25) is 4.79 Å². The van der Waals surface area contributed by atoms with Gasteiger partial charge in [0.15, 0.2) is 11.6 Å². The van der Waals surface area contributed by atoms with Crippen LogP contribution in [0.15, 0.2) is 12.1 Å². The summed E-state index contributed by atoms with van der Waals surface area (Å²) in [6, 6.07) is 0.595. The molecule has 1 aliphatic carbocycles. The standard InChI is InChI=1S/C14H16F2N2O3/c15-9-5-7(8(14(20)21)6-10(9)16)13(19)18-12-4-2-1-3-11(12)17/h5-6,11-12H,1-4,17H2,(H,18,19)(H,20,21). The van der Waals surface area contributed by atoms with E-state index in [0.29, 0.717) is 18.6 Å². The van der Waals surface area contributed by atoms with Crippen LogP contribution in [0.25, 0.3) is 0 Å². The van der Waals surface area contributed by atoms with Gasteiger partial charge in [0.1, 0.15) is 0 Å². The number of amides is 1. The van der Waals surface area contributed by atoms with Crippen LogP contribution < -0.4 is 11.1 Å². The highest BCUT2D eigenvalue weighted by Gasteiger charge is 2.26. The molecule has 2 unspecified atom stereocenters. The van der Waals surface area contributed by atoms with Crippen LogP contribution in [0.1, 0.15) is 46.4 Å². The number of carbonyl (C=O) groups excluding carboxylic acids is 1. The van der Waals surface area contributed by atoms with Crippen LogP contribution in [0, 0.1) is 11.6 Å². The summed E-state index contributed by atoms with van der Waals surface area (Å²) in [5.41, 5.74) is 4.92. The fraction of sp³-hybridized carbons (Fsp3) is 0.429. The minimum absolute atomic E-state index is 0.221. The maximum atomic E-state index is 13.3. The molecule has 0 bridgehead atoms. The first-order chi connectivity index (χ1) is 9.90. The Labute approximate surface area is 120 Å². The van der Waals surface area contributed by atoms with Crippen molar-refractivity contribution in [2.75, 3.05) is 0 Å². The average Bonchev–Trinajstić information content (AvgIpc) is 2.43. The van der Waals surface area contributed by atoms with Crippen LogP contribution in [0.2, 0.25) is 0 Å². The van der Waals surface area contributed by atoms with Crippen LogP contribution in [0.3, 0.4) is 0 Å². The summed E-state index contributed by atoms with van der Waals surface area (Å²) in [7, 11) is 0. The summed E-state index contributed by atoms with van der Waals surface area (Å²) in [6.07, 6.45) is 3.31. The summed E-state index contributed by atoms with van der Waals surface area (Å²) in [5.74, 6) is -4.82. The lowest BCUT2D eigenvalue weighted by Crippen LogP contribution is -2.49. The number of aromatic carboxylic acids is 1. The number of carboxylic acid groups (broad SMARTS) is 1. The van der Waals surface area contributed by atoms with Crippen LogP contribution in [0.5, 0.6) is 0 Å². The molecule has 1 aromatic carbocycles. The zero-order chi connectivity index (χ0) is 15.6. The molecule has 114 valence electrons. The molecule has 0 aliphatic heterocycles. The molecular formula is C14H16F2N2O3. The highest BCUT2D eigenvalue weighted by molar-refractivity contribution is 6.04. The van der Waals surface area contributed by atoms with Crippen molar-refractivity contribution in [3.63, 3.8) is 0 Å². The molecule has 4 N–H and O–H groups in total. The highest BCUT2D eigenvalue weighted by Crippen LogP contribution is 2.19. The van der Waals surface area contributed by atoms with Gasteiger partial charge in [-0.25, -0.2) is 13.6 Å². The average molecular weight is 298 g/mol. The van der Waals surface area contributed by atoms with Gasteiger partial charge in [0.05, 0.1) is 11.1 Å². The predicted molar refractivity (Wildman–Crippen MR) is 71.0 cm³/mol. The zero-order valence-corrected chi connectivity index (χ0v) is 11.2. The summed E-state index contributed by atoms with van der Waals surface area (Å²) in [6.45, 7) is 0. The van der Waals surface area contributed by atoms with Crippen molar-refractivity contribution in [1.29, 1.82) is 0 Å². The molecule has 0 aromatic heterocycles. The number of rotatable bonds is 3. The van der Waals surface area contributed by atoms with Gasteiger partial charge < -0.3 is 16.2 Å². The topological polar surface area (TPSA) is 92.4 Å². The third kappa shape index (κ3) is 3.36. The van der Waals surface area contributed by atoms with Crippen LogP contribution in [0.4, 0.5) is 8.78 Å². The van der Waals surface area contributed by atoms with Crippen LogP contribution in [-0.2, 0) is 0 Å². The quantitative estimate of drug-likeness (QED) is 0.791. The Balaban J connectivity index is 2.26. The highest BCUT2D eigenvalue weighted by atomic mass is 19.2. The van der Waals surface area contributed by atoms with Crippen molar-refractivity contribution in [2.24, 2.45) is 5.73 Å². The third-order valence-corrected chi connectivity index (χ3v) is 3.67. The first kappa shape index (κ1) is 15.4. The van der Waals surface area contributed by atoms with Crippen molar-refractivity contribution in [1.82, 2.24) is 5.32 Å². The molecule has 0 saturated heterocycles. The van der Waals surface area contributed by atoms with E-state index in [0.717, 1.165) is 19.3 Å². The van der Waals surface area contributed by atoms with Gasteiger partial charge in [0.25, 0.3) is 5.91 Å². The molecule has 1 saturated carbocycles. The van der Waals surface area contributed by atoms with E-state index in [2.05, 4.69) is 5.32 Å². The second-order valence-corrected chi connectivity index (χ2v) is 5.15. The summed E-state index contributed by atoms with van der Waals surface area (Å²) in [4.78, 5) is 23.2. The maximum Gasteiger partial charge on any atom is 0.336 e. The van der Waals surface area contributed by atoms with E-state index in [4.69, 9.17) is 10.8 Å². The first-order valence-electron chi connectivity index (χ1n) is 6.69. The molecule has 0 radical (unpaired) electrons. The lowest BCUT2D eigenvalue weighted by atomic mass is 9.90. The summed E-state index contributed by atoms with van der Waals surface area (Å²) >= 11 is 0. The lowest BCUT2D eigenvalue weighted by molar-refractivity contribution is 0.0689. The Morgan fingerprint density at radius 2 is 1.71 bits per heavy atom. The summed E-state index contributed by atoms with van der Waals surface area (Å²) < 4.78 is 26.4. The molecule has 1 aliphatic rings. The number of halogens is 2. The Kier molecular flexibility index (Phi) is 4.52. The lowest BCUT2D eigenvalue weighted by Gasteiger charge is -2.29. The van der Waals surface area contributed by atoms with E-state index in [1.165, 1.54) is 0 Å². The molecule has 0 spiro atoms. The molecule has 7 heteroatoms. The van der Waals surface area contributed by atoms with Gasteiger partial charge in [-0.05, 0) is 25.0 Å². The molecule has 1 aromatic rings. The van der Waals surface area contributed by atoms with E-state index in [1.807, 2.05) is 0 Å². The Hall–Kier alpha value is -2.02. The smallest absolute Gasteiger partial charge is 0.336 e. The van der Waals surface area contributed by atoms with Gasteiger partial charge in [-0.2, -0.15) is 0 Å². The minimum atomic E-state index is -1.49. The van der Waals surface area contributed by atoms with Crippen molar-refractivity contribution in [3.8, 4) is 0 Å². The number of nitrogens with two attached hydrogens (primary N) is 1. The normalized spacial score (nSPS) is 21.9. The molecule has 1 fully saturated rings. The third-order valence-electron chi connectivity index (χ3n) is 3.67. The number of nitrogens with one attached hydrogen (secondary N) is 1. The van der Waals surface area contributed by atoms with Gasteiger partial charge >= 0.3 is 5.97 Å². The Bertz CT molecular complexity index is 578. The molecule has 5 nitrogen and oxygen atoms in total. The fourth-order valence-electron chi connectivity index (χ4n) is 2.50. The number of hydrogen-bond donors (Lipinski definition) is 3. The monoisotopic (exact) mass is 298 g/mol. The number of carbonyl (C=O) groups is 2. The molecule has 0 heterocycles. The van der Waals surface area contributed by atoms with Gasteiger partial charge in [0.2, 0.25) is 0 Å². The fourth-order valence-corrected chi connectivity index (χ4v) is 2.50. The van der Waals surface area contributed by atoms with Crippen molar-refractivity contribution in [2.45, 2.75) is 37.8 Å². The van der Waals surface area contributed by atoms with Crippen LogP contribution in [-0.4, -0.2) is 29.1 Å². The minimum Gasteiger partial charge on any atom is -0.478 e. The number of hydrogen-bond acceptors (Lipinski definition) is 3. The second kappa shape index (κ2) is 6.17. The molecule has 2 atom stereocenters. The largest absolute Gasteiger partial charge is 0.478 e. The van der Waals surface area contributed by atoms with E-state index in [-0.39, 0.29) is 12.1 Å². The number of benzene rings is 1. The molecule has 1 amide bonds. The summed E-state index contributed by atoms with van der Waals surface area (Å²) in [5, 5.41) is 11.6. The van der Waals surface area contributed by atoms with Crippen molar-refractivity contribution < 1.29 is 23.5 Å². The van der Waals surface area contributed by atoms with Gasteiger partial charge in [-0.1, -0.05) is 12.8 Å². The maximum absolute atomic E-state index is 13.3. The van der Waals surface area contributed by atoms with Crippen molar-refractivity contribution in [3.05, 3.63) is 34.9 Å². The van der Waals surface area contributed by atoms with E-state index < -0.39 is 34.6 Å². The Morgan fingerprint density at radius 3 is 2.29 bits per heavy atom. The SMILES string of the molecule is NC1CCCCC1NC(=O)c1cc(F)c(F)cc1C(=O)O. The second-order valence-electron chi connectivity index (χ2n) is 5.15. The van der Waals surface area contributed by atoms with Gasteiger partial charge in [-0.15, -0.1) is 0 Å². The van der Waals surface area contributed by atoms with Crippen LogP contribution >= 0.6 is 0 Å². The number of carboxylic acids is 1. The van der Waals surface area contributed by atoms with E-state index in [9.17, 15) is 18.4 Å². The molecular weight excluding hydrogens is 282 g/mol. The molecule has 21 heavy (non-hydrogen) atoms. The zero-order valence-electron chi connectivity index (χ0n) is 11.2. The van der Waals surface area contributed by atoms with E-state index >= 15 is 0 Å². The van der Waals surface area contributed by atoms with Gasteiger partial charge in [0, 0.05) is 12.1 Å². The van der Waals surface area contributed by atoms with E-state index in [1.54, 1.807) is 0 Å². The Morgan fingerprint density at radius 1 is 1.14 bits per heavy atom. The molecule has 2 rings (SSSR count). The first-order valence-corrected chi connectivity index (χ1v) is 6.69. The predicted octanol–water partition coefficient (Wildman–Crippen LogP) is 1.66.